The summed E-state index contributed by atoms with van der Waals surface area (Å²) in [5.74, 6) is 0. The maximum Gasteiger partial charge on any atom is 0.150 e. The van der Waals surface area contributed by atoms with Crippen LogP contribution in [0, 0.1) is 0 Å². The summed E-state index contributed by atoms with van der Waals surface area (Å²) in [6, 6.07) is 43.9. The van der Waals surface area contributed by atoms with Gasteiger partial charge < -0.3 is 9.80 Å². The first-order chi connectivity index (χ1) is 21.2. The largest absolute Gasteiger partial charge is 0.311 e. The molecule has 0 aliphatic heterocycles. The normalized spacial score (nSPS) is 10.0. The first kappa shape index (κ1) is 33.4. The fourth-order valence-corrected chi connectivity index (χ4v) is 4.97. The van der Waals surface area contributed by atoms with Crippen molar-refractivity contribution in [3.8, 4) is 0 Å². The summed E-state index contributed by atoms with van der Waals surface area (Å²) >= 11 is 3.55. The maximum absolute atomic E-state index is 11.2. The van der Waals surface area contributed by atoms with Gasteiger partial charge in [0.1, 0.15) is 6.29 Å². The molecular weight excluding hydrogens is 592 g/mol. The molecular formula is C39H43BrN2O. The number of halogens is 1. The Bertz CT molecular complexity index is 1480. The second-order valence-corrected chi connectivity index (χ2v) is 10.4. The molecule has 5 rings (SSSR count). The molecule has 0 radical (unpaired) electrons. The number of carbonyl (C=O) groups excluding carboxylic acids is 1. The van der Waals surface area contributed by atoms with E-state index in [0.717, 1.165) is 51.3 Å². The Morgan fingerprint density at radius 3 is 1.33 bits per heavy atom. The summed E-state index contributed by atoms with van der Waals surface area (Å²) in [7, 11) is 0. The predicted molar refractivity (Wildman–Crippen MR) is 190 cm³/mol. The molecule has 0 aliphatic carbocycles. The predicted octanol–water partition coefficient (Wildman–Crippen LogP) is 12.6. The van der Waals surface area contributed by atoms with Crippen molar-refractivity contribution in [3.63, 3.8) is 0 Å². The highest BCUT2D eigenvalue weighted by atomic mass is 79.9. The molecule has 222 valence electrons. The minimum Gasteiger partial charge on any atom is -0.311 e. The highest BCUT2D eigenvalue weighted by Gasteiger charge is 2.16. The van der Waals surface area contributed by atoms with Crippen LogP contribution in [0.2, 0.25) is 0 Å². The van der Waals surface area contributed by atoms with Crippen LogP contribution in [0.1, 0.15) is 63.4 Å². The summed E-state index contributed by atoms with van der Waals surface area (Å²) in [5.41, 5.74) is 8.40. The van der Waals surface area contributed by atoms with Crippen molar-refractivity contribution in [1.82, 2.24) is 0 Å². The van der Waals surface area contributed by atoms with E-state index in [0.29, 0.717) is 5.56 Å². The molecule has 5 aromatic carbocycles. The Morgan fingerprint density at radius 1 is 0.535 bits per heavy atom. The topological polar surface area (TPSA) is 23.6 Å². The van der Waals surface area contributed by atoms with Gasteiger partial charge in [0.05, 0.1) is 0 Å². The van der Waals surface area contributed by atoms with Gasteiger partial charge in [-0.25, -0.2) is 0 Å². The second-order valence-electron chi connectivity index (χ2n) is 9.48. The zero-order chi connectivity index (χ0) is 31.0. The molecule has 5 aromatic rings. The number of nitrogens with zero attached hydrogens (tertiary/aromatic N) is 2. The van der Waals surface area contributed by atoms with Crippen LogP contribution in [0.25, 0.3) is 0 Å². The molecule has 0 unspecified atom stereocenters. The van der Waals surface area contributed by atoms with Crippen molar-refractivity contribution in [2.45, 2.75) is 53.9 Å². The van der Waals surface area contributed by atoms with E-state index in [1.54, 1.807) is 0 Å². The molecule has 0 amide bonds. The molecule has 43 heavy (non-hydrogen) atoms. The summed E-state index contributed by atoms with van der Waals surface area (Å²) in [4.78, 5) is 15.7. The summed E-state index contributed by atoms with van der Waals surface area (Å²) in [6.07, 6.45) is 4.38. The molecule has 0 spiro atoms. The molecule has 3 nitrogen and oxygen atoms in total. The molecule has 0 fully saturated rings. The summed E-state index contributed by atoms with van der Waals surface area (Å²) in [5, 5.41) is 0. The molecule has 0 N–H and O–H groups in total. The third-order valence-electron chi connectivity index (χ3n) is 6.77. The van der Waals surface area contributed by atoms with Crippen LogP contribution >= 0.6 is 15.9 Å². The lowest BCUT2D eigenvalue weighted by atomic mass is 10.1. The second kappa shape index (κ2) is 17.7. The van der Waals surface area contributed by atoms with Crippen molar-refractivity contribution >= 4 is 56.3 Å². The first-order valence-electron chi connectivity index (χ1n) is 15.3. The number of aldehydes is 1. The van der Waals surface area contributed by atoms with E-state index in [1.165, 1.54) is 18.4 Å². The monoisotopic (exact) mass is 634 g/mol. The maximum atomic E-state index is 11.2. The van der Waals surface area contributed by atoms with Crippen LogP contribution in [0.15, 0.2) is 132 Å². The van der Waals surface area contributed by atoms with Gasteiger partial charge in [0.25, 0.3) is 0 Å². The van der Waals surface area contributed by atoms with Crippen LogP contribution in [0.4, 0.5) is 34.1 Å². The van der Waals surface area contributed by atoms with E-state index in [2.05, 4.69) is 118 Å². The Labute approximate surface area is 267 Å². The van der Waals surface area contributed by atoms with Crippen molar-refractivity contribution in [2.24, 2.45) is 0 Å². The molecule has 0 aromatic heterocycles. The zero-order valence-corrected chi connectivity index (χ0v) is 27.6. The van der Waals surface area contributed by atoms with E-state index in [1.807, 2.05) is 70.2 Å². The number of hydrogen-bond acceptors (Lipinski definition) is 3. The minimum absolute atomic E-state index is 0.657. The van der Waals surface area contributed by atoms with Crippen molar-refractivity contribution in [2.75, 3.05) is 9.80 Å². The molecule has 0 aliphatic rings. The number of benzene rings is 5. The average molecular weight is 636 g/mol. The van der Waals surface area contributed by atoms with Gasteiger partial charge in [-0.2, -0.15) is 0 Å². The van der Waals surface area contributed by atoms with Gasteiger partial charge in [0, 0.05) is 44.2 Å². The van der Waals surface area contributed by atoms with E-state index in [9.17, 15) is 4.79 Å². The van der Waals surface area contributed by atoms with Gasteiger partial charge in [0.2, 0.25) is 0 Å². The Balaban J connectivity index is 0.00000121. The number of para-hydroxylation sites is 1. The number of carbonyl (C=O) groups is 1. The standard InChI is InChI=1S/C35H31BrN2O.2C2H6/c1-2-3-7-27-10-16-31(17-11-27)37(30-8-5-4-6-9-30)34-22-24-35(25-23-34)38(33-20-14-29(36)15-21-33)32-18-12-28(26-39)13-19-32;2*1-2/h4-6,8-26H,2-3,7H2,1H3;2*1-2H3. The van der Waals surface area contributed by atoms with Gasteiger partial charge in [-0.1, -0.05) is 87.3 Å². The quantitative estimate of drug-likeness (QED) is 0.143. The van der Waals surface area contributed by atoms with Gasteiger partial charge in [0.15, 0.2) is 0 Å². The fraction of sp³-hybridized carbons (Fsp3) is 0.205. The lowest BCUT2D eigenvalue weighted by Gasteiger charge is -2.28. The van der Waals surface area contributed by atoms with Crippen LogP contribution in [0.3, 0.4) is 0 Å². The smallest absolute Gasteiger partial charge is 0.150 e. The molecule has 4 heteroatoms. The van der Waals surface area contributed by atoms with Crippen LogP contribution in [-0.4, -0.2) is 6.29 Å². The van der Waals surface area contributed by atoms with E-state index >= 15 is 0 Å². The number of rotatable bonds is 10. The third-order valence-corrected chi connectivity index (χ3v) is 7.29. The van der Waals surface area contributed by atoms with Crippen LogP contribution in [0.5, 0.6) is 0 Å². The number of hydrogen-bond donors (Lipinski definition) is 0. The Hall–Kier alpha value is -4.15. The van der Waals surface area contributed by atoms with E-state index < -0.39 is 0 Å². The van der Waals surface area contributed by atoms with Crippen molar-refractivity contribution in [1.29, 1.82) is 0 Å². The Morgan fingerprint density at radius 2 is 0.907 bits per heavy atom. The highest BCUT2D eigenvalue weighted by Crippen LogP contribution is 2.39. The minimum atomic E-state index is 0.657. The van der Waals surface area contributed by atoms with E-state index in [-0.39, 0.29) is 0 Å². The summed E-state index contributed by atoms with van der Waals surface area (Å²) in [6.45, 7) is 10.2. The zero-order valence-electron chi connectivity index (χ0n) is 26.0. The highest BCUT2D eigenvalue weighted by molar-refractivity contribution is 9.10. The van der Waals surface area contributed by atoms with Crippen LogP contribution < -0.4 is 9.80 Å². The van der Waals surface area contributed by atoms with Crippen molar-refractivity contribution < 1.29 is 4.79 Å². The molecule has 0 heterocycles. The number of anilines is 6. The van der Waals surface area contributed by atoms with Crippen LogP contribution in [-0.2, 0) is 6.42 Å². The fourth-order valence-electron chi connectivity index (χ4n) is 4.71. The van der Waals surface area contributed by atoms with E-state index in [4.69, 9.17) is 0 Å². The van der Waals surface area contributed by atoms with Gasteiger partial charge in [-0.3, -0.25) is 4.79 Å². The molecule has 0 saturated carbocycles. The number of aryl methyl sites for hydroxylation is 1. The SMILES string of the molecule is CC.CC.CCCCc1ccc(N(c2ccccc2)c2ccc(N(c3ccc(Br)cc3)c3ccc(C=O)cc3)cc2)cc1. The molecule has 0 bridgehead atoms. The van der Waals surface area contributed by atoms with Crippen molar-refractivity contribution in [3.05, 3.63) is 143 Å². The van der Waals surface area contributed by atoms with Gasteiger partial charge in [-0.05, 0) is 115 Å². The van der Waals surface area contributed by atoms with Gasteiger partial charge >= 0.3 is 0 Å². The molecule has 0 atom stereocenters. The lowest BCUT2D eigenvalue weighted by Crippen LogP contribution is -2.12. The van der Waals surface area contributed by atoms with Gasteiger partial charge in [-0.15, -0.1) is 0 Å². The lowest BCUT2D eigenvalue weighted by molar-refractivity contribution is 0.112. The Kier molecular flexibility index (Phi) is 13.7. The third kappa shape index (κ3) is 8.92. The summed E-state index contributed by atoms with van der Waals surface area (Å²) < 4.78 is 1.03. The average Bonchev–Trinajstić information content (AvgIpc) is 3.09. The number of unbranched alkanes of at least 4 members (excludes halogenated alkanes) is 1. The first-order valence-corrected chi connectivity index (χ1v) is 16.1. The molecule has 0 saturated heterocycles.